The minimum atomic E-state index is 0.549. The highest BCUT2D eigenvalue weighted by atomic mass is 35.5. The molecule has 1 aromatic rings. The van der Waals surface area contributed by atoms with Crippen LogP contribution in [0.5, 0.6) is 0 Å². The first-order chi connectivity index (χ1) is 8.16. The van der Waals surface area contributed by atoms with E-state index in [1.54, 1.807) is 0 Å². The van der Waals surface area contributed by atoms with Crippen LogP contribution in [0.3, 0.4) is 0 Å². The Morgan fingerprint density at radius 1 is 1.29 bits per heavy atom. The molecule has 17 heavy (non-hydrogen) atoms. The van der Waals surface area contributed by atoms with Crippen LogP contribution in [0.1, 0.15) is 12.8 Å². The van der Waals surface area contributed by atoms with Crippen molar-refractivity contribution in [1.29, 1.82) is 0 Å². The van der Waals surface area contributed by atoms with E-state index in [1.807, 2.05) is 12.1 Å². The maximum Gasteiger partial charge on any atom is 0.0597 e. The van der Waals surface area contributed by atoms with Crippen molar-refractivity contribution in [3.63, 3.8) is 0 Å². The minimum Gasteiger partial charge on any atom is -0.380 e. The van der Waals surface area contributed by atoms with Crippen molar-refractivity contribution in [2.24, 2.45) is 0 Å². The second kappa shape index (κ2) is 5.61. The largest absolute Gasteiger partial charge is 0.380 e. The molecule has 0 amide bonds. The molecular weight excluding hydrogens is 234 g/mol. The summed E-state index contributed by atoms with van der Waals surface area (Å²) in [6.45, 7) is 2.19. The van der Waals surface area contributed by atoms with Gasteiger partial charge in [0.05, 0.1) is 11.4 Å². The zero-order chi connectivity index (χ0) is 12.3. The van der Waals surface area contributed by atoms with Gasteiger partial charge in [-0.25, -0.2) is 0 Å². The molecule has 0 aliphatic carbocycles. The van der Waals surface area contributed by atoms with Crippen LogP contribution in [-0.4, -0.2) is 33.2 Å². The van der Waals surface area contributed by atoms with Gasteiger partial charge in [0, 0.05) is 25.2 Å². The van der Waals surface area contributed by atoms with E-state index in [4.69, 9.17) is 11.6 Å². The van der Waals surface area contributed by atoms with Crippen molar-refractivity contribution in [1.82, 2.24) is 5.32 Å². The van der Waals surface area contributed by atoms with Gasteiger partial charge < -0.3 is 15.5 Å². The van der Waals surface area contributed by atoms with Gasteiger partial charge >= 0.3 is 0 Å². The number of halogens is 1. The van der Waals surface area contributed by atoms with Gasteiger partial charge in [0.25, 0.3) is 0 Å². The van der Waals surface area contributed by atoms with Crippen LogP contribution in [0, 0.1) is 0 Å². The normalized spacial score (nSPS) is 16.9. The van der Waals surface area contributed by atoms with Gasteiger partial charge in [0.2, 0.25) is 0 Å². The van der Waals surface area contributed by atoms with Gasteiger partial charge in [-0.15, -0.1) is 0 Å². The number of anilines is 2. The summed E-state index contributed by atoms with van der Waals surface area (Å²) in [6, 6.07) is 6.56. The molecule has 0 atom stereocenters. The zero-order valence-electron chi connectivity index (χ0n) is 10.5. The standard InChI is InChI=1S/C13H20ClN3/c1-17(2)13-4-3-10(14)9-12(13)16-11-5-7-15-8-6-11/h3-4,9,11,15-16H,5-8H2,1-2H3. The third-order valence-electron chi connectivity index (χ3n) is 3.14. The Balaban J connectivity index is 2.14. The number of benzene rings is 1. The number of hydrogen-bond donors (Lipinski definition) is 2. The van der Waals surface area contributed by atoms with Gasteiger partial charge in [-0.1, -0.05) is 11.6 Å². The highest BCUT2D eigenvalue weighted by Crippen LogP contribution is 2.29. The van der Waals surface area contributed by atoms with Crippen molar-refractivity contribution in [2.45, 2.75) is 18.9 Å². The molecule has 0 aromatic heterocycles. The Kier molecular flexibility index (Phi) is 4.13. The lowest BCUT2D eigenvalue weighted by Gasteiger charge is -2.27. The smallest absolute Gasteiger partial charge is 0.0597 e. The number of hydrogen-bond acceptors (Lipinski definition) is 3. The summed E-state index contributed by atoms with van der Waals surface area (Å²) < 4.78 is 0. The lowest BCUT2D eigenvalue weighted by molar-refractivity contribution is 0.479. The first kappa shape index (κ1) is 12.5. The van der Waals surface area contributed by atoms with Crippen LogP contribution < -0.4 is 15.5 Å². The second-order valence-electron chi connectivity index (χ2n) is 4.72. The van der Waals surface area contributed by atoms with Gasteiger partial charge in [-0.2, -0.15) is 0 Å². The Morgan fingerprint density at radius 2 is 2.00 bits per heavy atom. The third-order valence-corrected chi connectivity index (χ3v) is 3.37. The van der Waals surface area contributed by atoms with Gasteiger partial charge in [0.1, 0.15) is 0 Å². The van der Waals surface area contributed by atoms with Crippen molar-refractivity contribution in [3.8, 4) is 0 Å². The topological polar surface area (TPSA) is 27.3 Å². The summed E-state index contributed by atoms with van der Waals surface area (Å²) >= 11 is 6.07. The fraction of sp³-hybridized carbons (Fsp3) is 0.538. The Labute approximate surface area is 108 Å². The molecule has 0 spiro atoms. The molecule has 2 rings (SSSR count). The number of piperidine rings is 1. The first-order valence-corrected chi connectivity index (χ1v) is 6.49. The van der Waals surface area contributed by atoms with E-state index in [-0.39, 0.29) is 0 Å². The molecule has 1 fully saturated rings. The molecule has 1 aromatic carbocycles. The van der Waals surface area contributed by atoms with Gasteiger partial charge in [-0.3, -0.25) is 0 Å². The van der Waals surface area contributed by atoms with Crippen LogP contribution in [0.15, 0.2) is 18.2 Å². The first-order valence-electron chi connectivity index (χ1n) is 6.11. The fourth-order valence-corrected chi connectivity index (χ4v) is 2.37. The average molecular weight is 254 g/mol. The summed E-state index contributed by atoms with van der Waals surface area (Å²) in [7, 11) is 4.10. The van der Waals surface area contributed by atoms with E-state index in [9.17, 15) is 0 Å². The highest BCUT2D eigenvalue weighted by Gasteiger charge is 2.14. The summed E-state index contributed by atoms with van der Waals surface area (Å²) in [6.07, 6.45) is 2.33. The number of nitrogens with zero attached hydrogens (tertiary/aromatic N) is 1. The van der Waals surface area contributed by atoms with E-state index >= 15 is 0 Å². The van der Waals surface area contributed by atoms with Crippen LogP contribution in [0.25, 0.3) is 0 Å². The predicted octanol–water partition coefficient (Wildman–Crippen LogP) is 2.57. The molecule has 1 aliphatic rings. The lowest BCUT2D eigenvalue weighted by Crippen LogP contribution is -2.35. The van der Waals surface area contributed by atoms with Crippen molar-refractivity contribution < 1.29 is 0 Å². The van der Waals surface area contributed by atoms with E-state index in [2.05, 4.69) is 35.7 Å². The number of rotatable bonds is 3. The van der Waals surface area contributed by atoms with E-state index < -0.39 is 0 Å². The van der Waals surface area contributed by atoms with Crippen molar-refractivity contribution in [3.05, 3.63) is 23.2 Å². The summed E-state index contributed by atoms with van der Waals surface area (Å²) in [4.78, 5) is 2.11. The molecular formula is C13H20ClN3. The van der Waals surface area contributed by atoms with Crippen LogP contribution >= 0.6 is 11.6 Å². The number of nitrogens with one attached hydrogen (secondary N) is 2. The average Bonchev–Trinajstić information content (AvgIpc) is 2.30. The van der Waals surface area contributed by atoms with Gasteiger partial charge in [0.15, 0.2) is 0 Å². The zero-order valence-corrected chi connectivity index (χ0v) is 11.2. The Bertz CT molecular complexity index is 373. The molecule has 3 nitrogen and oxygen atoms in total. The lowest BCUT2D eigenvalue weighted by atomic mass is 10.1. The van der Waals surface area contributed by atoms with E-state index in [0.717, 1.165) is 23.8 Å². The Morgan fingerprint density at radius 3 is 2.65 bits per heavy atom. The quantitative estimate of drug-likeness (QED) is 0.867. The highest BCUT2D eigenvalue weighted by molar-refractivity contribution is 6.31. The molecule has 1 aliphatic heterocycles. The molecule has 0 unspecified atom stereocenters. The Hall–Kier alpha value is -0.930. The van der Waals surface area contributed by atoms with Crippen molar-refractivity contribution in [2.75, 3.05) is 37.4 Å². The SMILES string of the molecule is CN(C)c1ccc(Cl)cc1NC1CCNCC1. The molecule has 0 bridgehead atoms. The third kappa shape index (κ3) is 3.27. The molecule has 2 N–H and O–H groups in total. The maximum absolute atomic E-state index is 6.07. The van der Waals surface area contributed by atoms with Gasteiger partial charge in [-0.05, 0) is 44.1 Å². The fourth-order valence-electron chi connectivity index (χ4n) is 2.20. The van der Waals surface area contributed by atoms with Crippen LogP contribution in [0.2, 0.25) is 5.02 Å². The van der Waals surface area contributed by atoms with Crippen LogP contribution in [0.4, 0.5) is 11.4 Å². The molecule has 1 heterocycles. The molecule has 4 heteroatoms. The van der Waals surface area contributed by atoms with E-state index in [1.165, 1.54) is 18.5 Å². The van der Waals surface area contributed by atoms with Crippen molar-refractivity contribution >= 4 is 23.0 Å². The summed E-state index contributed by atoms with van der Waals surface area (Å²) in [5.41, 5.74) is 2.32. The van der Waals surface area contributed by atoms with E-state index in [0.29, 0.717) is 6.04 Å². The second-order valence-corrected chi connectivity index (χ2v) is 5.16. The van der Waals surface area contributed by atoms with Crippen LogP contribution in [-0.2, 0) is 0 Å². The monoisotopic (exact) mass is 253 g/mol. The predicted molar refractivity (Wildman–Crippen MR) is 75.3 cm³/mol. The summed E-state index contributed by atoms with van der Waals surface area (Å²) in [5.74, 6) is 0. The molecule has 0 saturated carbocycles. The minimum absolute atomic E-state index is 0.549. The summed E-state index contributed by atoms with van der Waals surface area (Å²) in [5, 5.41) is 7.76. The molecule has 1 saturated heterocycles. The maximum atomic E-state index is 6.07. The molecule has 0 radical (unpaired) electrons. The molecule has 94 valence electrons.